The standard InChI is InChI=1S/C27H25N5O2.C22H26N2O4.C19H21N3O2.C17H20N4O/c1-27(2,3)24(33)15-4-11-21-22(13-15)32-25(31-21)16-5-10-20-17(12-16)14-23(30-20)26(34)29-19-8-6-18(28)7-9-19;1-22(2,3)20(26)16-6-9-18-19(14-16)24-21(23-18)15-4-7-17(8-5-15)28-13-12-27-11-10-25;1-19(2,3)17(23)11-6-8-14-15(9-11)22-18(21-14)12-5-7-13(20)16(10-12)24-4;1-17(2,3)15(22)10-5-6-12-13(7-10)20-16(19-12)14-8-11(18)9-21(14)4/h4-14,30H,28H2,1-3H3,(H,29,34)(H,31,32);4-9,14,25H,10-13H2,1-3H3,(H,23,24);5-10H,20H2,1-4H3,(H,21,22);5-9H,18H2,1-4H3,(H,19,20). The van der Waals surface area contributed by atoms with E-state index in [1.807, 2.05) is 240 Å². The van der Waals surface area contributed by atoms with Crippen molar-refractivity contribution in [2.75, 3.05) is 56.1 Å². The van der Waals surface area contributed by atoms with Crippen molar-refractivity contribution < 1.29 is 43.3 Å². The number of hydrogen-bond donors (Lipinski definition) is 10. The number of hydrogen-bond acceptors (Lipinski definition) is 16. The summed E-state index contributed by atoms with van der Waals surface area (Å²) in [6.07, 6.45) is 1.84. The van der Waals surface area contributed by atoms with Gasteiger partial charge in [-0.1, -0.05) is 83.1 Å². The molecule has 0 spiro atoms. The molecule has 13 N–H and O–H groups in total. The molecule has 14 rings (SSSR count). The number of aromatic amines is 5. The van der Waals surface area contributed by atoms with Crippen LogP contribution < -0.4 is 32.0 Å². The summed E-state index contributed by atoms with van der Waals surface area (Å²) in [5.74, 6) is 4.43. The third-order valence-corrected chi connectivity index (χ3v) is 17.6. The van der Waals surface area contributed by atoms with Crippen LogP contribution in [0.2, 0.25) is 0 Å². The molecule has 0 saturated heterocycles. The van der Waals surface area contributed by atoms with Crippen LogP contribution in [0.15, 0.2) is 176 Å². The van der Waals surface area contributed by atoms with E-state index in [-0.39, 0.29) is 35.6 Å². The van der Waals surface area contributed by atoms with Crippen LogP contribution in [0.1, 0.15) is 135 Å². The molecule has 23 nitrogen and oxygen atoms in total. The highest BCUT2D eigenvalue weighted by atomic mass is 16.5. The van der Waals surface area contributed by atoms with E-state index in [1.54, 1.807) is 37.4 Å². The highest BCUT2D eigenvalue weighted by Gasteiger charge is 2.28. The molecule has 0 aliphatic carbocycles. The van der Waals surface area contributed by atoms with Gasteiger partial charge in [-0.25, -0.2) is 19.9 Å². The zero-order valence-electron chi connectivity index (χ0n) is 63.3. The van der Waals surface area contributed by atoms with E-state index in [2.05, 4.69) is 45.2 Å². The lowest BCUT2D eigenvalue weighted by Crippen LogP contribution is -2.20. The molecule has 0 aliphatic rings. The van der Waals surface area contributed by atoms with E-state index in [0.29, 0.717) is 87.9 Å². The van der Waals surface area contributed by atoms with Crippen LogP contribution in [0, 0.1) is 21.7 Å². The quantitative estimate of drug-likeness (QED) is 0.0230. The smallest absolute Gasteiger partial charge is 0.272 e. The van der Waals surface area contributed by atoms with Gasteiger partial charge in [0.25, 0.3) is 5.91 Å². The minimum Gasteiger partial charge on any atom is -0.495 e. The molecule has 6 heterocycles. The summed E-state index contributed by atoms with van der Waals surface area (Å²) < 4.78 is 17.9. The lowest BCUT2D eigenvalue weighted by atomic mass is 9.86. The maximum Gasteiger partial charge on any atom is 0.272 e. The van der Waals surface area contributed by atoms with E-state index >= 15 is 0 Å². The lowest BCUT2D eigenvalue weighted by Gasteiger charge is -2.16. The molecular weight excluding hydrogens is 1360 g/mol. The predicted molar refractivity (Wildman–Crippen MR) is 430 cm³/mol. The first-order chi connectivity index (χ1) is 51.1. The number of carbonyl (C=O) groups is 5. The van der Waals surface area contributed by atoms with Crippen LogP contribution in [0.25, 0.3) is 101 Å². The zero-order chi connectivity index (χ0) is 77.7. The Morgan fingerprint density at radius 2 is 0.870 bits per heavy atom. The molecule has 0 radical (unpaired) electrons. The number of nitrogens with zero attached hydrogens (tertiary/aromatic N) is 5. The number of nitrogens with one attached hydrogen (secondary N) is 6. The van der Waals surface area contributed by atoms with Crippen molar-refractivity contribution in [3.8, 4) is 57.2 Å². The molecule has 23 heteroatoms. The number of methoxy groups -OCH3 is 1. The molecule has 0 saturated carbocycles. The largest absolute Gasteiger partial charge is 0.495 e. The van der Waals surface area contributed by atoms with Crippen LogP contribution in [-0.2, 0) is 11.8 Å². The van der Waals surface area contributed by atoms with Gasteiger partial charge in [-0.05, 0) is 170 Å². The SMILES string of the molecule is CC(C)(C)C(=O)c1ccc2nc(-c3ccc(OCCOCCO)cc3)[nH]c2c1.CC(C)(C)C(=O)c1ccc2nc(-c3ccc4[nH]c(C(=O)Nc5ccc(N)cc5)cc4c3)[nH]c2c1.COc1cc(-c2nc3ccc(C(=O)C(C)(C)C)cc3[nH]2)ccc1N.Cn1cc(N)cc1-c1nc2ccc(C(=O)C(C)(C)C)cc2[nH]1. The number of nitrogens with two attached hydrogens (primary N) is 3. The molecule has 0 unspecified atom stereocenters. The van der Waals surface area contributed by atoms with Crippen molar-refractivity contribution in [1.82, 2.24) is 49.4 Å². The van der Waals surface area contributed by atoms with Gasteiger partial charge in [-0.15, -0.1) is 0 Å². The molecule has 108 heavy (non-hydrogen) atoms. The number of benzene rings is 8. The van der Waals surface area contributed by atoms with E-state index in [1.165, 1.54) is 0 Å². The summed E-state index contributed by atoms with van der Waals surface area (Å²) in [7, 11) is 3.51. The van der Waals surface area contributed by atoms with Crippen molar-refractivity contribution in [3.63, 3.8) is 0 Å². The van der Waals surface area contributed by atoms with E-state index < -0.39 is 21.7 Å². The van der Waals surface area contributed by atoms with E-state index in [9.17, 15) is 24.0 Å². The van der Waals surface area contributed by atoms with Crippen molar-refractivity contribution >= 4 is 107 Å². The van der Waals surface area contributed by atoms with Gasteiger partial charge in [0.05, 0.1) is 88.1 Å². The number of H-pyrrole nitrogens is 5. The Hall–Kier alpha value is -12.5. The highest BCUT2D eigenvalue weighted by Crippen LogP contribution is 2.34. The summed E-state index contributed by atoms with van der Waals surface area (Å²) in [4.78, 5) is 97.5. The third-order valence-electron chi connectivity index (χ3n) is 17.6. The maximum absolute atomic E-state index is 12.7. The van der Waals surface area contributed by atoms with Crippen molar-refractivity contribution in [3.05, 3.63) is 204 Å². The Labute approximate surface area is 625 Å². The third kappa shape index (κ3) is 18.1. The van der Waals surface area contributed by atoms with Crippen LogP contribution in [-0.4, -0.2) is 117 Å². The number of aliphatic hydroxyl groups is 1. The van der Waals surface area contributed by atoms with Crippen LogP contribution >= 0.6 is 0 Å². The molecule has 0 bridgehead atoms. The number of ether oxygens (including phenoxy) is 3. The number of aliphatic hydroxyl groups excluding tert-OH is 1. The Bertz CT molecular complexity index is 5650. The first-order valence-corrected chi connectivity index (χ1v) is 35.4. The topological polar surface area (TPSA) is 359 Å². The molecular formula is C85H92N14O9. The molecule has 0 atom stereocenters. The lowest BCUT2D eigenvalue weighted by molar-refractivity contribution is 0.0705. The Balaban J connectivity index is 0.000000145. The van der Waals surface area contributed by atoms with Crippen LogP contribution in [0.4, 0.5) is 22.7 Å². The average molecular weight is 1450 g/mol. The van der Waals surface area contributed by atoms with Gasteiger partial charge in [-0.3, -0.25) is 24.0 Å². The molecule has 14 aromatic rings. The second-order valence-corrected chi connectivity index (χ2v) is 30.6. The fraction of sp³-hybridized carbons (Fsp3) is 0.259. The monoisotopic (exact) mass is 1450 g/mol. The minimum absolute atomic E-state index is 0.0120. The summed E-state index contributed by atoms with van der Waals surface area (Å²) >= 11 is 0. The highest BCUT2D eigenvalue weighted by molar-refractivity contribution is 6.07. The van der Waals surface area contributed by atoms with Crippen molar-refractivity contribution in [1.29, 1.82) is 0 Å². The Kier molecular flexibility index (Phi) is 22.2. The number of nitrogen functional groups attached to an aromatic ring is 3. The molecule has 8 aromatic carbocycles. The van der Waals surface area contributed by atoms with Crippen molar-refractivity contribution in [2.45, 2.75) is 83.1 Å². The Morgan fingerprint density at radius 1 is 0.444 bits per heavy atom. The summed E-state index contributed by atoms with van der Waals surface area (Å²) in [5, 5.41) is 12.4. The average Bonchev–Trinajstić information content (AvgIpc) is 1.64. The number of rotatable bonds is 17. The van der Waals surface area contributed by atoms with Crippen LogP contribution in [0.3, 0.4) is 0 Å². The van der Waals surface area contributed by atoms with Gasteiger partial charge in [0.2, 0.25) is 0 Å². The Morgan fingerprint density at radius 3 is 1.31 bits per heavy atom. The number of carbonyl (C=O) groups excluding carboxylic acids is 5. The fourth-order valence-corrected chi connectivity index (χ4v) is 11.8. The summed E-state index contributed by atoms with van der Waals surface area (Å²) in [6, 6.07) is 51.9. The second kappa shape index (κ2) is 31.3. The normalized spacial score (nSPS) is 11.8. The molecule has 6 aromatic heterocycles. The van der Waals surface area contributed by atoms with E-state index in [0.717, 1.165) is 94.8 Å². The number of Topliss-reactive ketones (excluding diaryl/α,β-unsaturated/α-hetero) is 4. The summed E-state index contributed by atoms with van der Waals surface area (Å²) in [6.45, 7) is 24.2. The second-order valence-electron chi connectivity index (χ2n) is 30.6. The number of aromatic nitrogens is 10. The first-order valence-electron chi connectivity index (χ1n) is 35.4. The van der Waals surface area contributed by atoms with Gasteiger partial charge in [0.1, 0.15) is 41.3 Å². The fourth-order valence-electron chi connectivity index (χ4n) is 11.8. The number of anilines is 4. The molecule has 0 fully saturated rings. The number of amides is 1. The van der Waals surface area contributed by atoms with Gasteiger partial charge >= 0.3 is 0 Å². The van der Waals surface area contributed by atoms with Crippen LogP contribution in [0.5, 0.6) is 11.5 Å². The molecule has 1 amide bonds. The first kappa shape index (κ1) is 76.7. The number of imidazole rings is 4. The number of ketones is 4. The van der Waals surface area contributed by atoms with Crippen molar-refractivity contribution in [2.24, 2.45) is 28.7 Å². The van der Waals surface area contributed by atoms with Gasteiger partial charge in [-0.2, -0.15) is 0 Å². The molecule has 0 aliphatic heterocycles. The number of aryl methyl sites for hydroxylation is 1. The zero-order valence-corrected chi connectivity index (χ0v) is 63.3. The predicted octanol–water partition coefficient (Wildman–Crippen LogP) is 17.0. The van der Waals surface area contributed by atoms with Gasteiger partial charge < -0.3 is 71.3 Å². The van der Waals surface area contributed by atoms with Gasteiger partial charge in [0.15, 0.2) is 29.0 Å². The van der Waals surface area contributed by atoms with E-state index in [4.69, 9.17) is 41.5 Å². The maximum atomic E-state index is 12.7. The van der Waals surface area contributed by atoms with Gasteiger partial charge in [0, 0.05) is 96.1 Å². The molecule has 556 valence electrons. The summed E-state index contributed by atoms with van der Waals surface area (Å²) in [5.41, 5.74) is 32.5. The number of fused-ring (bicyclic) bond motifs is 5. The minimum atomic E-state index is -0.451.